The molecule has 1 aliphatic rings. The fourth-order valence-electron chi connectivity index (χ4n) is 1.78. The summed E-state index contributed by atoms with van der Waals surface area (Å²) in [5, 5.41) is 3.89. The van der Waals surface area contributed by atoms with E-state index in [0.29, 0.717) is 10.8 Å². The van der Waals surface area contributed by atoms with Gasteiger partial charge in [-0.15, -0.1) is 12.4 Å². The second-order valence-electron chi connectivity index (χ2n) is 3.88. The lowest BCUT2D eigenvalue weighted by atomic mass is 10.3. The molecule has 0 aromatic heterocycles. The molecule has 1 saturated heterocycles. The van der Waals surface area contributed by atoms with E-state index in [4.69, 9.17) is 16.3 Å². The zero-order valence-corrected chi connectivity index (χ0v) is 11.4. The first-order valence-corrected chi connectivity index (χ1v) is 5.99. The molecule has 6 heteroatoms. The fraction of sp³-hybridized carbons (Fsp3) is 0.417. The van der Waals surface area contributed by atoms with E-state index < -0.39 is 6.23 Å². The number of carbonyl (C=O) groups excluding carboxylic acids is 1. The van der Waals surface area contributed by atoms with Gasteiger partial charge in [0.2, 0.25) is 6.23 Å². The summed E-state index contributed by atoms with van der Waals surface area (Å²) in [6.45, 7) is 3.40. The SMILES string of the molecule is Cl.O=CC(Oc1ccc(Cl)cc1)N1CCNCC1. The number of hydrogen-bond donors (Lipinski definition) is 1. The Morgan fingerprint density at radius 1 is 1.28 bits per heavy atom. The zero-order chi connectivity index (χ0) is 12.1. The minimum absolute atomic E-state index is 0. The van der Waals surface area contributed by atoms with Crippen molar-refractivity contribution in [2.24, 2.45) is 0 Å². The summed E-state index contributed by atoms with van der Waals surface area (Å²) in [6.07, 6.45) is 0.318. The van der Waals surface area contributed by atoms with E-state index in [1.165, 1.54) is 0 Å². The molecule has 1 unspecified atom stereocenters. The Morgan fingerprint density at radius 2 is 1.89 bits per heavy atom. The molecule has 0 spiro atoms. The number of hydrogen-bond acceptors (Lipinski definition) is 4. The molecule has 1 fully saturated rings. The van der Waals surface area contributed by atoms with Crippen molar-refractivity contribution in [3.05, 3.63) is 29.3 Å². The van der Waals surface area contributed by atoms with Gasteiger partial charge in [-0.2, -0.15) is 0 Å². The maximum atomic E-state index is 11.1. The molecule has 0 saturated carbocycles. The Morgan fingerprint density at radius 3 is 2.44 bits per heavy atom. The van der Waals surface area contributed by atoms with Gasteiger partial charge in [0.1, 0.15) is 5.75 Å². The molecule has 1 heterocycles. The van der Waals surface area contributed by atoms with Crippen LogP contribution in [0.5, 0.6) is 5.75 Å². The highest BCUT2D eigenvalue weighted by atomic mass is 35.5. The number of benzene rings is 1. The van der Waals surface area contributed by atoms with Gasteiger partial charge in [-0.05, 0) is 24.3 Å². The number of ether oxygens (including phenoxy) is 1. The summed E-state index contributed by atoms with van der Waals surface area (Å²) in [4.78, 5) is 13.1. The maximum Gasteiger partial charge on any atom is 0.209 e. The molecule has 1 aliphatic heterocycles. The van der Waals surface area contributed by atoms with E-state index in [2.05, 4.69) is 5.32 Å². The number of piperazine rings is 1. The zero-order valence-electron chi connectivity index (χ0n) is 9.84. The van der Waals surface area contributed by atoms with Crippen molar-refractivity contribution < 1.29 is 9.53 Å². The second kappa shape index (κ2) is 7.59. The molecule has 0 bridgehead atoms. The number of halogens is 2. The van der Waals surface area contributed by atoms with Crippen molar-refractivity contribution in [3.8, 4) is 5.75 Å². The van der Waals surface area contributed by atoms with Crippen LogP contribution < -0.4 is 10.1 Å². The normalized spacial score (nSPS) is 17.6. The smallest absolute Gasteiger partial charge is 0.209 e. The fourth-order valence-corrected chi connectivity index (χ4v) is 1.90. The van der Waals surface area contributed by atoms with Crippen LogP contribution in [0.3, 0.4) is 0 Å². The number of carbonyl (C=O) groups is 1. The van der Waals surface area contributed by atoms with Gasteiger partial charge in [0.25, 0.3) is 0 Å². The lowest BCUT2D eigenvalue weighted by Gasteiger charge is -2.31. The van der Waals surface area contributed by atoms with E-state index in [1.54, 1.807) is 24.3 Å². The standard InChI is InChI=1S/C12H15ClN2O2.ClH/c13-10-1-3-11(4-2-10)17-12(9-16)15-7-5-14-6-8-15;/h1-4,9,12,14H,5-8H2;1H. The first kappa shape index (κ1) is 15.2. The average Bonchev–Trinajstić information content (AvgIpc) is 2.39. The molecule has 1 atom stereocenters. The molecular weight excluding hydrogens is 275 g/mol. The molecular formula is C12H16Cl2N2O2. The third-order valence-electron chi connectivity index (χ3n) is 2.70. The van der Waals surface area contributed by atoms with Crippen LogP contribution in [0, 0.1) is 0 Å². The molecule has 1 aromatic carbocycles. The third-order valence-corrected chi connectivity index (χ3v) is 2.95. The van der Waals surface area contributed by atoms with Gasteiger partial charge in [0.15, 0.2) is 6.29 Å². The van der Waals surface area contributed by atoms with E-state index >= 15 is 0 Å². The molecule has 18 heavy (non-hydrogen) atoms. The average molecular weight is 291 g/mol. The summed E-state index contributed by atoms with van der Waals surface area (Å²) >= 11 is 5.79. The van der Waals surface area contributed by atoms with Crippen molar-refractivity contribution in [1.29, 1.82) is 0 Å². The largest absolute Gasteiger partial charge is 0.468 e. The van der Waals surface area contributed by atoms with Crippen LogP contribution in [0.2, 0.25) is 5.02 Å². The Hall–Kier alpha value is -0.810. The molecule has 4 nitrogen and oxygen atoms in total. The highest BCUT2D eigenvalue weighted by Crippen LogP contribution is 2.17. The number of aldehydes is 1. The topological polar surface area (TPSA) is 41.6 Å². The third kappa shape index (κ3) is 4.14. The highest BCUT2D eigenvalue weighted by molar-refractivity contribution is 6.30. The molecule has 0 radical (unpaired) electrons. The Labute approximate surface area is 118 Å². The van der Waals surface area contributed by atoms with E-state index in [0.717, 1.165) is 32.5 Å². The molecule has 1 aromatic rings. The highest BCUT2D eigenvalue weighted by Gasteiger charge is 2.21. The van der Waals surface area contributed by atoms with Gasteiger partial charge in [-0.3, -0.25) is 9.69 Å². The molecule has 1 N–H and O–H groups in total. The summed E-state index contributed by atoms with van der Waals surface area (Å²) in [6, 6.07) is 7.02. The summed E-state index contributed by atoms with van der Waals surface area (Å²) in [5.41, 5.74) is 0. The molecule has 2 rings (SSSR count). The van der Waals surface area contributed by atoms with Gasteiger partial charge >= 0.3 is 0 Å². The Balaban J connectivity index is 0.00000162. The molecule has 0 amide bonds. The minimum atomic E-state index is -0.515. The van der Waals surface area contributed by atoms with E-state index in [-0.39, 0.29) is 12.4 Å². The van der Waals surface area contributed by atoms with Gasteiger partial charge in [0.05, 0.1) is 0 Å². The number of nitrogens with zero attached hydrogens (tertiary/aromatic N) is 1. The van der Waals surface area contributed by atoms with E-state index in [9.17, 15) is 4.79 Å². The predicted octanol–water partition coefficient (Wildman–Crippen LogP) is 1.57. The van der Waals surface area contributed by atoms with Crippen molar-refractivity contribution >= 4 is 30.3 Å². The van der Waals surface area contributed by atoms with Crippen LogP contribution in [-0.4, -0.2) is 43.6 Å². The monoisotopic (exact) mass is 290 g/mol. The van der Waals surface area contributed by atoms with Crippen LogP contribution in [0.15, 0.2) is 24.3 Å². The summed E-state index contributed by atoms with van der Waals surface area (Å²) in [7, 11) is 0. The first-order chi connectivity index (χ1) is 8.29. The number of nitrogens with one attached hydrogen (secondary N) is 1. The van der Waals surface area contributed by atoms with Gasteiger partial charge in [-0.1, -0.05) is 11.6 Å². The quantitative estimate of drug-likeness (QED) is 0.855. The first-order valence-electron chi connectivity index (χ1n) is 5.62. The van der Waals surface area contributed by atoms with Crippen molar-refractivity contribution in [1.82, 2.24) is 10.2 Å². The summed E-state index contributed by atoms with van der Waals surface area (Å²) < 4.78 is 5.63. The molecule has 0 aliphatic carbocycles. The second-order valence-corrected chi connectivity index (χ2v) is 4.32. The Bertz CT molecular complexity index is 367. The summed E-state index contributed by atoms with van der Waals surface area (Å²) in [5.74, 6) is 0.657. The lowest BCUT2D eigenvalue weighted by molar-refractivity contribution is -0.122. The van der Waals surface area contributed by atoms with Crippen LogP contribution in [-0.2, 0) is 4.79 Å². The minimum Gasteiger partial charge on any atom is -0.468 e. The lowest BCUT2D eigenvalue weighted by Crippen LogP contribution is -2.51. The van der Waals surface area contributed by atoms with Crippen LogP contribution >= 0.6 is 24.0 Å². The Kier molecular flexibility index (Phi) is 6.43. The van der Waals surface area contributed by atoms with Crippen LogP contribution in [0.1, 0.15) is 0 Å². The van der Waals surface area contributed by atoms with Gasteiger partial charge in [0, 0.05) is 31.2 Å². The number of rotatable bonds is 4. The van der Waals surface area contributed by atoms with Gasteiger partial charge in [-0.25, -0.2) is 0 Å². The van der Waals surface area contributed by atoms with Crippen molar-refractivity contribution in [3.63, 3.8) is 0 Å². The predicted molar refractivity (Wildman–Crippen MR) is 73.6 cm³/mol. The van der Waals surface area contributed by atoms with Crippen LogP contribution in [0.4, 0.5) is 0 Å². The van der Waals surface area contributed by atoms with Crippen molar-refractivity contribution in [2.45, 2.75) is 6.23 Å². The molecule has 100 valence electrons. The van der Waals surface area contributed by atoms with Crippen molar-refractivity contribution in [2.75, 3.05) is 26.2 Å². The van der Waals surface area contributed by atoms with Gasteiger partial charge < -0.3 is 10.1 Å². The maximum absolute atomic E-state index is 11.1. The van der Waals surface area contributed by atoms with Crippen LogP contribution in [0.25, 0.3) is 0 Å². The van der Waals surface area contributed by atoms with E-state index in [1.807, 2.05) is 4.90 Å².